The fourth-order valence-electron chi connectivity index (χ4n) is 1.76. The molecule has 2 rings (SSSR count). The molecular weight excluding hydrogens is 326 g/mol. The van der Waals surface area contributed by atoms with E-state index in [0.717, 1.165) is 11.8 Å². The van der Waals surface area contributed by atoms with E-state index in [1.165, 1.54) is 30.3 Å². The summed E-state index contributed by atoms with van der Waals surface area (Å²) in [5.74, 6) is 0.216. The van der Waals surface area contributed by atoms with E-state index < -0.39 is 11.9 Å². The van der Waals surface area contributed by atoms with Crippen LogP contribution in [-0.2, 0) is 0 Å². The van der Waals surface area contributed by atoms with E-state index in [0.29, 0.717) is 10.7 Å². The Labute approximate surface area is 135 Å². The minimum atomic E-state index is -2.91. The predicted octanol–water partition coefficient (Wildman–Crippen LogP) is 2.61. The summed E-state index contributed by atoms with van der Waals surface area (Å²) in [5, 5.41) is -0.209. The molecule has 1 atom stereocenters. The first-order valence-corrected chi connectivity index (χ1v) is 7.39. The van der Waals surface area contributed by atoms with Crippen molar-refractivity contribution in [3.8, 4) is 5.75 Å². The number of nitrogens with zero attached hydrogens (tertiary/aromatic N) is 2. The maximum atomic E-state index is 12.3. The van der Waals surface area contributed by atoms with Crippen LogP contribution in [0.3, 0.4) is 0 Å². The zero-order valence-corrected chi connectivity index (χ0v) is 12.9. The normalized spacial score (nSPS) is 12.2. The molecule has 1 aromatic heterocycles. The first-order chi connectivity index (χ1) is 10.8. The molecule has 0 aliphatic rings. The van der Waals surface area contributed by atoms with Crippen LogP contribution < -0.4 is 16.2 Å². The minimum absolute atomic E-state index is 0.0104. The Kier molecular flexibility index (Phi) is 5.32. The average molecular weight is 340 g/mol. The molecule has 0 fully saturated rings. The molecule has 6 nitrogen and oxygen atoms in total. The number of anilines is 2. The van der Waals surface area contributed by atoms with Crippen molar-refractivity contribution >= 4 is 29.2 Å². The standard InChI is InChI=1S/C14H14F2N4O2S/c1-7(23-14-19-10(17)6-11(18)20-14)12(21)8-2-4-9(5-3-8)22-13(15)16/h2-7,13H,1H3,(H4,17,18,19,20). The van der Waals surface area contributed by atoms with E-state index in [2.05, 4.69) is 14.7 Å². The SMILES string of the molecule is CC(Sc1nc(N)cc(N)n1)C(=O)c1ccc(OC(F)F)cc1. The van der Waals surface area contributed by atoms with Crippen molar-refractivity contribution in [3.05, 3.63) is 35.9 Å². The van der Waals surface area contributed by atoms with Gasteiger partial charge in [0.1, 0.15) is 17.4 Å². The third-order valence-electron chi connectivity index (χ3n) is 2.76. The molecule has 1 heterocycles. The highest BCUT2D eigenvalue weighted by Gasteiger charge is 2.18. The Morgan fingerprint density at radius 1 is 1.17 bits per heavy atom. The molecule has 9 heteroatoms. The number of alkyl halides is 2. The van der Waals surface area contributed by atoms with Gasteiger partial charge in [-0.25, -0.2) is 9.97 Å². The number of benzene rings is 1. The molecule has 0 amide bonds. The molecule has 0 spiro atoms. The molecule has 122 valence electrons. The van der Waals surface area contributed by atoms with E-state index in [1.54, 1.807) is 6.92 Å². The van der Waals surface area contributed by atoms with Crippen LogP contribution in [0.15, 0.2) is 35.5 Å². The van der Waals surface area contributed by atoms with Gasteiger partial charge >= 0.3 is 6.61 Å². The van der Waals surface area contributed by atoms with Crippen molar-refractivity contribution in [1.29, 1.82) is 0 Å². The Morgan fingerprint density at radius 2 is 1.74 bits per heavy atom. The molecule has 0 aliphatic heterocycles. The van der Waals surface area contributed by atoms with Crippen molar-refractivity contribution in [3.63, 3.8) is 0 Å². The summed E-state index contributed by atoms with van der Waals surface area (Å²) in [6, 6.07) is 6.88. The van der Waals surface area contributed by atoms with E-state index >= 15 is 0 Å². The molecule has 2 aromatic rings. The first kappa shape index (κ1) is 16.9. The van der Waals surface area contributed by atoms with Crippen LogP contribution >= 0.6 is 11.8 Å². The van der Waals surface area contributed by atoms with E-state index in [9.17, 15) is 13.6 Å². The number of halogens is 2. The van der Waals surface area contributed by atoms with Gasteiger partial charge in [-0.05, 0) is 31.2 Å². The van der Waals surface area contributed by atoms with Crippen LogP contribution in [0.4, 0.5) is 20.4 Å². The molecule has 1 unspecified atom stereocenters. The number of carbonyl (C=O) groups excluding carboxylic acids is 1. The van der Waals surface area contributed by atoms with E-state index in [1.807, 2.05) is 0 Å². The summed E-state index contributed by atoms with van der Waals surface area (Å²) in [7, 11) is 0. The second-order valence-electron chi connectivity index (χ2n) is 4.53. The van der Waals surface area contributed by atoms with Gasteiger partial charge in [0.05, 0.1) is 5.25 Å². The lowest BCUT2D eigenvalue weighted by molar-refractivity contribution is -0.0498. The summed E-state index contributed by atoms with van der Waals surface area (Å²) >= 11 is 1.11. The highest BCUT2D eigenvalue weighted by molar-refractivity contribution is 8.00. The van der Waals surface area contributed by atoms with Crippen LogP contribution in [0, 0.1) is 0 Å². The molecule has 0 bridgehead atoms. The molecule has 1 aromatic carbocycles. The fraction of sp³-hybridized carbons (Fsp3) is 0.214. The number of hydrogen-bond donors (Lipinski definition) is 2. The Hall–Kier alpha value is -2.42. The van der Waals surface area contributed by atoms with Crippen LogP contribution in [0.1, 0.15) is 17.3 Å². The lowest BCUT2D eigenvalue weighted by Gasteiger charge is -2.10. The van der Waals surface area contributed by atoms with Crippen molar-refractivity contribution in [2.75, 3.05) is 11.5 Å². The number of nitrogen functional groups attached to an aromatic ring is 2. The van der Waals surface area contributed by atoms with Crippen molar-refractivity contribution in [2.24, 2.45) is 0 Å². The maximum absolute atomic E-state index is 12.3. The quantitative estimate of drug-likeness (QED) is 0.473. The summed E-state index contributed by atoms with van der Waals surface area (Å²) in [5.41, 5.74) is 11.5. The monoisotopic (exact) mass is 340 g/mol. The maximum Gasteiger partial charge on any atom is 0.387 e. The number of Topliss-reactive ketones (excluding diaryl/α,β-unsaturated/α-hetero) is 1. The lowest BCUT2D eigenvalue weighted by atomic mass is 10.1. The fourth-order valence-corrected chi connectivity index (χ4v) is 2.64. The molecule has 4 N–H and O–H groups in total. The molecular formula is C14H14F2N4O2S. The van der Waals surface area contributed by atoms with E-state index in [-0.39, 0.29) is 23.2 Å². The molecule has 0 saturated heterocycles. The summed E-state index contributed by atoms with van der Waals surface area (Å²) in [4.78, 5) is 20.3. The van der Waals surface area contributed by atoms with Gasteiger partial charge in [-0.15, -0.1) is 0 Å². The second-order valence-corrected chi connectivity index (χ2v) is 5.84. The Morgan fingerprint density at radius 3 is 2.26 bits per heavy atom. The van der Waals surface area contributed by atoms with Gasteiger partial charge < -0.3 is 16.2 Å². The van der Waals surface area contributed by atoms with Gasteiger partial charge in [-0.2, -0.15) is 8.78 Å². The number of carbonyl (C=O) groups is 1. The smallest absolute Gasteiger partial charge is 0.387 e. The van der Waals surface area contributed by atoms with Crippen LogP contribution in [0.25, 0.3) is 0 Å². The number of ether oxygens (including phenoxy) is 1. The summed E-state index contributed by atoms with van der Waals surface area (Å²) in [6.07, 6.45) is 0. The largest absolute Gasteiger partial charge is 0.435 e. The van der Waals surface area contributed by atoms with Crippen molar-refractivity contribution in [1.82, 2.24) is 9.97 Å². The van der Waals surface area contributed by atoms with Crippen LogP contribution in [-0.4, -0.2) is 27.6 Å². The number of ketones is 1. The Balaban J connectivity index is 2.07. The topological polar surface area (TPSA) is 104 Å². The minimum Gasteiger partial charge on any atom is -0.435 e. The highest BCUT2D eigenvalue weighted by atomic mass is 32.2. The lowest BCUT2D eigenvalue weighted by Crippen LogP contribution is -2.14. The number of nitrogens with two attached hydrogens (primary N) is 2. The van der Waals surface area contributed by atoms with Crippen molar-refractivity contribution < 1.29 is 18.3 Å². The predicted molar refractivity (Wildman–Crippen MR) is 83.6 cm³/mol. The first-order valence-electron chi connectivity index (χ1n) is 6.51. The summed E-state index contributed by atoms with van der Waals surface area (Å²) < 4.78 is 28.4. The van der Waals surface area contributed by atoms with Gasteiger partial charge in [0, 0.05) is 11.6 Å². The van der Waals surface area contributed by atoms with Gasteiger partial charge in [-0.1, -0.05) is 11.8 Å². The Bertz CT molecular complexity index is 677. The molecule has 0 radical (unpaired) electrons. The van der Waals surface area contributed by atoms with Gasteiger partial charge in [0.25, 0.3) is 0 Å². The molecule has 23 heavy (non-hydrogen) atoms. The van der Waals surface area contributed by atoms with Crippen LogP contribution in [0.2, 0.25) is 0 Å². The molecule has 0 saturated carbocycles. The third kappa shape index (κ3) is 4.78. The third-order valence-corrected chi connectivity index (χ3v) is 3.72. The number of hydrogen-bond acceptors (Lipinski definition) is 7. The van der Waals surface area contributed by atoms with E-state index in [4.69, 9.17) is 11.5 Å². The number of rotatable bonds is 6. The van der Waals surface area contributed by atoms with Gasteiger partial charge in [-0.3, -0.25) is 4.79 Å². The highest BCUT2D eigenvalue weighted by Crippen LogP contribution is 2.25. The zero-order chi connectivity index (χ0) is 17.0. The summed E-state index contributed by atoms with van der Waals surface area (Å²) in [6.45, 7) is -1.23. The number of aromatic nitrogens is 2. The van der Waals surface area contributed by atoms with Gasteiger partial charge in [0.2, 0.25) is 0 Å². The second kappa shape index (κ2) is 7.23. The van der Waals surface area contributed by atoms with Crippen LogP contribution in [0.5, 0.6) is 5.75 Å². The number of thioether (sulfide) groups is 1. The molecule has 0 aliphatic carbocycles. The van der Waals surface area contributed by atoms with Gasteiger partial charge in [0.15, 0.2) is 10.9 Å². The average Bonchev–Trinajstić information content (AvgIpc) is 2.45. The zero-order valence-electron chi connectivity index (χ0n) is 12.1. The van der Waals surface area contributed by atoms with Crippen molar-refractivity contribution in [2.45, 2.75) is 23.9 Å².